The molecule has 0 radical (unpaired) electrons. The van der Waals surface area contributed by atoms with Crippen LogP contribution >= 0.6 is 0 Å². The van der Waals surface area contributed by atoms with E-state index < -0.39 is 0 Å². The summed E-state index contributed by atoms with van der Waals surface area (Å²) in [5, 5.41) is 15.9. The van der Waals surface area contributed by atoms with E-state index in [1.165, 1.54) is 0 Å². The minimum atomic E-state index is -0.139. The van der Waals surface area contributed by atoms with Gasteiger partial charge < -0.3 is 20.5 Å². The topological polar surface area (TPSA) is 73.8 Å². The van der Waals surface area contributed by atoms with Crippen molar-refractivity contribution in [1.29, 1.82) is 0 Å². The molecule has 1 heterocycles. The average molecular weight is 333 g/mol. The number of benzene rings is 1. The molecule has 1 aromatic carbocycles. The quantitative estimate of drug-likeness (QED) is 0.683. The predicted molar refractivity (Wildman–Crippen MR) is 91.8 cm³/mol. The van der Waals surface area contributed by atoms with E-state index in [2.05, 4.69) is 15.5 Å². The van der Waals surface area contributed by atoms with Gasteiger partial charge in [0.25, 0.3) is 0 Å². The standard InChI is InChI=1S/C18H27N3O3/c1-2-24-17-6-3-13(9-14(17)12-22)10-21-8-7-19-16(11-21)18(23)20-15-4-5-15/h3,6,9,15-16,19,22H,2,4-5,7-8,10-12H2,1H3,(H,20,23)/t16-/m1/s1. The van der Waals surface area contributed by atoms with Crippen molar-refractivity contribution in [2.75, 3.05) is 26.2 Å². The van der Waals surface area contributed by atoms with Crippen LogP contribution in [-0.2, 0) is 17.9 Å². The van der Waals surface area contributed by atoms with E-state index in [9.17, 15) is 9.90 Å². The zero-order chi connectivity index (χ0) is 16.9. The summed E-state index contributed by atoms with van der Waals surface area (Å²) in [6.45, 7) is 5.69. The molecular formula is C18H27N3O3. The summed E-state index contributed by atoms with van der Waals surface area (Å²) in [4.78, 5) is 14.5. The first-order valence-electron chi connectivity index (χ1n) is 8.81. The van der Waals surface area contributed by atoms with Gasteiger partial charge in [-0.3, -0.25) is 9.69 Å². The van der Waals surface area contributed by atoms with Crippen molar-refractivity contribution >= 4 is 5.91 Å². The van der Waals surface area contributed by atoms with E-state index in [1.807, 2.05) is 25.1 Å². The molecular weight excluding hydrogens is 306 g/mol. The van der Waals surface area contributed by atoms with Crippen molar-refractivity contribution in [3.8, 4) is 5.75 Å². The Bertz CT molecular complexity index is 575. The van der Waals surface area contributed by atoms with Crippen LogP contribution in [0.3, 0.4) is 0 Å². The maximum atomic E-state index is 12.2. The molecule has 0 spiro atoms. The third-order valence-electron chi connectivity index (χ3n) is 4.50. The van der Waals surface area contributed by atoms with Crippen molar-refractivity contribution in [2.45, 2.75) is 45.0 Å². The van der Waals surface area contributed by atoms with E-state index in [0.29, 0.717) is 19.2 Å². The molecule has 3 rings (SSSR count). The van der Waals surface area contributed by atoms with Gasteiger partial charge in [-0.2, -0.15) is 0 Å². The number of hydrogen-bond donors (Lipinski definition) is 3. The molecule has 132 valence electrons. The molecule has 1 atom stereocenters. The monoisotopic (exact) mass is 333 g/mol. The first kappa shape index (κ1) is 17.2. The fourth-order valence-corrected chi connectivity index (χ4v) is 3.07. The van der Waals surface area contributed by atoms with Gasteiger partial charge in [0.05, 0.1) is 19.3 Å². The fourth-order valence-electron chi connectivity index (χ4n) is 3.07. The summed E-state index contributed by atoms with van der Waals surface area (Å²) in [6, 6.07) is 6.20. The van der Waals surface area contributed by atoms with Crippen LogP contribution < -0.4 is 15.4 Å². The molecule has 1 saturated heterocycles. The Morgan fingerprint density at radius 2 is 2.29 bits per heavy atom. The van der Waals surface area contributed by atoms with Gasteiger partial charge in [-0.1, -0.05) is 6.07 Å². The Labute approximate surface area is 143 Å². The number of hydrogen-bond acceptors (Lipinski definition) is 5. The smallest absolute Gasteiger partial charge is 0.238 e. The summed E-state index contributed by atoms with van der Waals surface area (Å²) < 4.78 is 5.53. The number of nitrogens with one attached hydrogen (secondary N) is 2. The van der Waals surface area contributed by atoms with Gasteiger partial charge >= 0.3 is 0 Å². The summed E-state index contributed by atoms with van der Waals surface area (Å²) in [5.74, 6) is 0.857. The zero-order valence-corrected chi connectivity index (χ0v) is 14.3. The maximum Gasteiger partial charge on any atom is 0.238 e. The molecule has 1 amide bonds. The highest BCUT2D eigenvalue weighted by molar-refractivity contribution is 5.82. The van der Waals surface area contributed by atoms with E-state index in [4.69, 9.17) is 4.74 Å². The number of amides is 1. The molecule has 0 aromatic heterocycles. The van der Waals surface area contributed by atoms with Gasteiger partial charge in [0.2, 0.25) is 5.91 Å². The van der Waals surface area contributed by atoms with Gasteiger partial charge in [0, 0.05) is 37.8 Å². The highest BCUT2D eigenvalue weighted by Gasteiger charge is 2.30. The van der Waals surface area contributed by atoms with Crippen molar-refractivity contribution in [1.82, 2.24) is 15.5 Å². The Morgan fingerprint density at radius 3 is 3.00 bits per heavy atom. The molecule has 2 aliphatic rings. The molecule has 1 aromatic rings. The van der Waals surface area contributed by atoms with E-state index in [1.54, 1.807) is 0 Å². The molecule has 24 heavy (non-hydrogen) atoms. The largest absolute Gasteiger partial charge is 0.494 e. The number of rotatable bonds is 7. The molecule has 3 N–H and O–H groups in total. The Balaban J connectivity index is 1.59. The highest BCUT2D eigenvalue weighted by Crippen LogP contribution is 2.22. The van der Waals surface area contributed by atoms with Gasteiger partial charge in [-0.15, -0.1) is 0 Å². The number of carbonyl (C=O) groups is 1. The normalized spacial score (nSPS) is 21.5. The summed E-state index contributed by atoms with van der Waals surface area (Å²) >= 11 is 0. The second-order valence-corrected chi connectivity index (χ2v) is 6.56. The molecule has 0 unspecified atom stereocenters. The van der Waals surface area contributed by atoms with E-state index >= 15 is 0 Å². The Morgan fingerprint density at radius 1 is 1.46 bits per heavy atom. The number of carbonyl (C=O) groups excluding carboxylic acids is 1. The lowest BCUT2D eigenvalue weighted by Crippen LogP contribution is -2.57. The lowest BCUT2D eigenvalue weighted by Gasteiger charge is -2.33. The summed E-state index contributed by atoms with van der Waals surface area (Å²) in [5.41, 5.74) is 1.94. The second kappa shape index (κ2) is 7.96. The summed E-state index contributed by atoms with van der Waals surface area (Å²) in [7, 11) is 0. The van der Waals surface area contributed by atoms with Crippen LogP contribution in [0.5, 0.6) is 5.75 Å². The molecule has 6 heteroatoms. The minimum Gasteiger partial charge on any atom is -0.494 e. The van der Waals surface area contributed by atoms with Crippen molar-refractivity contribution in [3.05, 3.63) is 29.3 Å². The van der Waals surface area contributed by atoms with Crippen LogP contribution in [0.25, 0.3) is 0 Å². The van der Waals surface area contributed by atoms with Crippen molar-refractivity contribution in [3.63, 3.8) is 0 Å². The zero-order valence-electron chi connectivity index (χ0n) is 14.3. The lowest BCUT2D eigenvalue weighted by molar-refractivity contribution is -0.124. The van der Waals surface area contributed by atoms with Crippen LogP contribution in [0.2, 0.25) is 0 Å². The fraction of sp³-hybridized carbons (Fsp3) is 0.611. The molecule has 0 bridgehead atoms. The molecule has 1 aliphatic heterocycles. The lowest BCUT2D eigenvalue weighted by atomic mass is 10.1. The highest BCUT2D eigenvalue weighted by atomic mass is 16.5. The molecule has 1 aliphatic carbocycles. The van der Waals surface area contributed by atoms with Gasteiger partial charge in [0.15, 0.2) is 0 Å². The third kappa shape index (κ3) is 4.47. The van der Waals surface area contributed by atoms with Gasteiger partial charge in [0.1, 0.15) is 5.75 Å². The third-order valence-corrected chi connectivity index (χ3v) is 4.50. The van der Waals surface area contributed by atoms with E-state index in [0.717, 1.165) is 49.4 Å². The van der Waals surface area contributed by atoms with Crippen LogP contribution in [0.4, 0.5) is 0 Å². The van der Waals surface area contributed by atoms with E-state index in [-0.39, 0.29) is 18.6 Å². The SMILES string of the molecule is CCOc1ccc(CN2CCN[C@@H](C(=O)NC3CC3)C2)cc1CO. The Kier molecular flexibility index (Phi) is 5.71. The van der Waals surface area contributed by atoms with Gasteiger partial charge in [-0.05, 0) is 37.5 Å². The second-order valence-electron chi connectivity index (χ2n) is 6.56. The first-order valence-corrected chi connectivity index (χ1v) is 8.81. The molecule has 1 saturated carbocycles. The predicted octanol–water partition coefficient (Wildman–Crippen LogP) is 0.630. The van der Waals surface area contributed by atoms with Gasteiger partial charge in [-0.25, -0.2) is 0 Å². The van der Waals surface area contributed by atoms with Crippen LogP contribution in [0, 0.1) is 0 Å². The number of aliphatic hydroxyl groups excluding tert-OH is 1. The van der Waals surface area contributed by atoms with Crippen molar-refractivity contribution in [2.24, 2.45) is 0 Å². The summed E-state index contributed by atoms with van der Waals surface area (Å²) in [6.07, 6.45) is 2.22. The van der Waals surface area contributed by atoms with Crippen LogP contribution in [0.15, 0.2) is 18.2 Å². The van der Waals surface area contributed by atoms with Crippen LogP contribution in [-0.4, -0.2) is 54.2 Å². The Hall–Kier alpha value is -1.63. The minimum absolute atomic E-state index is 0.0306. The van der Waals surface area contributed by atoms with Crippen LogP contribution in [0.1, 0.15) is 30.9 Å². The number of aliphatic hydroxyl groups is 1. The van der Waals surface area contributed by atoms with Crippen molar-refractivity contribution < 1.29 is 14.6 Å². The molecule has 2 fully saturated rings. The number of ether oxygens (including phenoxy) is 1. The molecule has 6 nitrogen and oxygen atoms in total. The number of piperazine rings is 1. The number of nitrogens with zero attached hydrogens (tertiary/aromatic N) is 1. The maximum absolute atomic E-state index is 12.2. The first-order chi connectivity index (χ1) is 11.7. The average Bonchev–Trinajstić information content (AvgIpc) is 3.40.